The van der Waals surface area contributed by atoms with Crippen LogP contribution in [0.15, 0.2) is 54.9 Å². The van der Waals surface area contributed by atoms with Gasteiger partial charge in [0.1, 0.15) is 18.0 Å². The van der Waals surface area contributed by atoms with Crippen molar-refractivity contribution in [1.29, 1.82) is 0 Å². The number of nitrogens with zero attached hydrogens (tertiary/aromatic N) is 4. The molecule has 0 spiro atoms. The van der Waals surface area contributed by atoms with Gasteiger partial charge in [0, 0.05) is 37.8 Å². The number of benzene rings is 2. The van der Waals surface area contributed by atoms with Crippen LogP contribution in [0, 0.1) is 12.7 Å². The third-order valence-corrected chi connectivity index (χ3v) is 5.35. The molecule has 2 aromatic carbocycles. The number of amides is 1. The van der Waals surface area contributed by atoms with Gasteiger partial charge >= 0.3 is 0 Å². The molecule has 1 fully saturated rings. The summed E-state index contributed by atoms with van der Waals surface area (Å²) in [6.07, 6.45) is 1.57. The Bertz CT molecular complexity index is 1050. The minimum atomic E-state index is -0.471. The first kappa shape index (κ1) is 19.3. The molecule has 1 aliphatic rings. The molecule has 0 unspecified atom stereocenters. The van der Waals surface area contributed by atoms with E-state index >= 15 is 0 Å². The first-order valence-corrected chi connectivity index (χ1v) is 9.77. The van der Waals surface area contributed by atoms with Gasteiger partial charge in [-0.3, -0.25) is 4.79 Å². The van der Waals surface area contributed by atoms with Crippen LogP contribution < -0.4 is 4.90 Å². The Morgan fingerprint density at radius 2 is 1.83 bits per heavy atom. The zero-order valence-corrected chi connectivity index (χ0v) is 16.7. The highest BCUT2D eigenvalue weighted by Crippen LogP contribution is 2.24. The molecule has 0 N–H and O–H groups in total. The van der Waals surface area contributed by atoms with Crippen LogP contribution in [0.5, 0.6) is 0 Å². The third-order valence-electron chi connectivity index (χ3n) is 5.02. The Kier molecular flexibility index (Phi) is 5.45. The highest BCUT2D eigenvalue weighted by molar-refractivity contribution is 6.33. The molecule has 1 saturated heterocycles. The Labute approximate surface area is 173 Å². The fraction of sp³-hybridized carbons (Fsp3) is 0.227. The maximum Gasteiger partial charge on any atom is 0.255 e. The molecule has 1 aliphatic heterocycles. The van der Waals surface area contributed by atoms with Crippen LogP contribution in [0.3, 0.4) is 0 Å². The van der Waals surface area contributed by atoms with Crippen molar-refractivity contribution in [2.45, 2.75) is 6.92 Å². The summed E-state index contributed by atoms with van der Waals surface area (Å²) in [5.74, 6) is 0.103. The van der Waals surface area contributed by atoms with Gasteiger partial charge in [0.15, 0.2) is 0 Å². The lowest BCUT2D eigenvalue weighted by Gasteiger charge is -2.35. The van der Waals surface area contributed by atoms with Crippen LogP contribution in [0.1, 0.15) is 15.9 Å². The first-order chi connectivity index (χ1) is 14.0. The van der Waals surface area contributed by atoms with Gasteiger partial charge in [-0.2, -0.15) is 0 Å². The maximum atomic E-state index is 13.5. The number of hydrogen-bond donors (Lipinski definition) is 0. The molecule has 0 aliphatic carbocycles. The van der Waals surface area contributed by atoms with E-state index in [1.165, 1.54) is 23.8 Å². The molecule has 7 heteroatoms. The van der Waals surface area contributed by atoms with E-state index in [1.54, 1.807) is 11.2 Å². The summed E-state index contributed by atoms with van der Waals surface area (Å²) in [6, 6.07) is 14.0. The molecule has 0 saturated carbocycles. The lowest BCUT2D eigenvalue weighted by molar-refractivity contribution is 0.0746. The predicted octanol–water partition coefficient (Wildman–Crippen LogP) is 4.21. The molecule has 3 aromatic rings. The summed E-state index contributed by atoms with van der Waals surface area (Å²) in [7, 11) is 0. The van der Waals surface area contributed by atoms with Crippen molar-refractivity contribution < 1.29 is 9.18 Å². The number of halogens is 2. The standard InChI is InChI=1S/C22H20ClFN4O/c1-15-3-2-4-16(11-15)20-13-21(26-14-25-20)27-7-9-28(10-8-27)22(29)18-12-17(24)5-6-19(18)23/h2-6,11-14H,7-10H2,1H3. The van der Waals surface area contributed by atoms with Crippen LogP contribution in [0.4, 0.5) is 10.2 Å². The maximum absolute atomic E-state index is 13.5. The van der Waals surface area contributed by atoms with Crippen LogP contribution in [-0.2, 0) is 0 Å². The molecule has 2 heterocycles. The van der Waals surface area contributed by atoms with Crippen molar-refractivity contribution in [3.8, 4) is 11.3 Å². The summed E-state index contributed by atoms with van der Waals surface area (Å²) in [5, 5.41) is 0.262. The molecular weight excluding hydrogens is 391 g/mol. The SMILES string of the molecule is Cc1cccc(-c2cc(N3CCN(C(=O)c4cc(F)ccc4Cl)CC3)ncn2)c1. The van der Waals surface area contributed by atoms with Gasteiger partial charge < -0.3 is 9.80 Å². The molecule has 4 rings (SSSR count). The summed E-state index contributed by atoms with van der Waals surface area (Å²) >= 11 is 6.08. The number of rotatable bonds is 3. The van der Waals surface area contributed by atoms with E-state index < -0.39 is 5.82 Å². The van der Waals surface area contributed by atoms with Crippen molar-refractivity contribution in [2.75, 3.05) is 31.1 Å². The minimum Gasteiger partial charge on any atom is -0.353 e. The van der Waals surface area contributed by atoms with Crippen molar-refractivity contribution in [2.24, 2.45) is 0 Å². The second-order valence-electron chi connectivity index (χ2n) is 7.03. The second kappa shape index (κ2) is 8.17. The normalized spacial score (nSPS) is 14.2. The van der Waals surface area contributed by atoms with E-state index in [-0.39, 0.29) is 16.5 Å². The number of piperazine rings is 1. The van der Waals surface area contributed by atoms with Gasteiger partial charge in [-0.15, -0.1) is 0 Å². The third kappa shape index (κ3) is 4.22. The van der Waals surface area contributed by atoms with Crippen molar-refractivity contribution in [3.05, 3.63) is 76.8 Å². The number of hydrogen-bond acceptors (Lipinski definition) is 4. The monoisotopic (exact) mass is 410 g/mol. The number of carbonyl (C=O) groups is 1. The zero-order valence-electron chi connectivity index (χ0n) is 16.0. The molecule has 5 nitrogen and oxygen atoms in total. The molecule has 1 amide bonds. The fourth-order valence-corrected chi connectivity index (χ4v) is 3.65. The number of anilines is 1. The molecule has 29 heavy (non-hydrogen) atoms. The average molecular weight is 411 g/mol. The molecule has 0 radical (unpaired) electrons. The largest absolute Gasteiger partial charge is 0.353 e. The lowest BCUT2D eigenvalue weighted by Crippen LogP contribution is -2.49. The van der Waals surface area contributed by atoms with Crippen molar-refractivity contribution in [1.82, 2.24) is 14.9 Å². The van der Waals surface area contributed by atoms with Gasteiger partial charge in [0.05, 0.1) is 16.3 Å². The molecular formula is C22H20ClFN4O. The summed E-state index contributed by atoms with van der Waals surface area (Å²) < 4.78 is 13.5. The Hall–Kier alpha value is -2.99. The van der Waals surface area contributed by atoms with E-state index in [4.69, 9.17) is 11.6 Å². The van der Waals surface area contributed by atoms with E-state index in [0.29, 0.717) is 26.2 Å². The van der Waals surface area contributed by atoms with E-state index in [9.17, 15) is 9.18 Å². The van der Waals surface area contributed by atoms with Gasteiger partial charge in [-0.25, -0.2) is 14.4 Å². The average Bonchev–Trinajstić information content (AvgIpc) is 2.75. The van der Waals surface area contributed by atoms with Gasteiger partial charge in [-0.1, -0.05) is 35.4 Å². The molecule has 0 bridgehead atoms. The molecule has 148 valence electrons. The topological polar surface area (TPSA) is 49.3 Å². The number of carbonyl (C=O) groups excluding carboxylic acids is 1. The van der Waals surface area contributed by atoms with Gasteiger partial charge in [-0.05, 0) is 31.2 Å². The lowest BCUT2D eigenvalue weighted by atomic mass is 10.1. The van der Waals surface area contributed by atoms with E-state index in [1.807, 2.05) is 31.2 Å². The fourth-order valence-electron chi connectivity index (χ4n) is 3.45. The van der Waals surface area contributed by atoms with E-state index in [2.05, 4.69) is 20.9 Å². The van der Waals surface area contributed by atoms with Gasteiger partial charge in [0.25, 0.3) is 5.91 Å². The highest BCUT2D eigenvalue weighted by atomic mass is 35.5. The minimum absolute atomic E-state index is 0.198. The quantitative estimate of drug-likeness (QED) is 0.649. The predicted molar refractivity (Wildman–Crippen MR) is 112 cm³/mol. The van der Waals surface area contributed by atoms with Crippen LogP contribution in [-0.4, -0.2) is 47.0 Å². The highest BCUT2D eigenvalue weighted by Gasteiger charge is 2.24. The summed E-state index contributed by atoms with van der Waals surface area (Å²) in [6.45, 7) is 4.32. The van der Waals surface area contributed by atoms with Crippen LogP contribution >= 0.6 is 11.6 Å². The number of aryl methyl sites for hydroxylation is 1. The Morgan fingerprint density at radius 3 is 2.59 bits per heavy atom. The number of aromatic nitrogens is 2. The first-order valence-electron chi connectivity index (χ1n) is 9.39. The Morgan fingerprint density at radius 1 is 1.03 bits per heavy atom. The van der Waals surface area contributed by atoms with Gasteiger partial charge in [0.2, 0.25) is 0 Å². The summed E-state index contributed by atoms with van der Waals surface area (Å²) in [5.41, 5.74) is 3.28. The zero-order chi connectivity index (χ0) is 20.4. The Balaban J connectivity index is 1.47. The van der Waals surface area contributed by atoms with E-state index in [0.717, 1.165) is 17.1 Å². The molecule has 1 aromatic heterocycles. The van der Waals surface area contributed by atoms with Crippen molar-refractivity contribution >= 4 is 23.3 Å². The van der Waals surface area contributed by atoms with Crippen molar-refractivity contribution in [3.63, 3.8) is 0 Å². The second-order valence-corrected chi connectivity index (χ2v) is 7.44. The van der Waals surface area contributed by atoms with Crippen LogP contribution in [0.2, 0.25) is 5.02 Å². The van der Waals surface area contributed by atoms with Crippen LogP contribution in [0.25, 0.3) is 11.3 Å². The smallest absolute Gasteiger partial charge is 0.255 e. The molecule has 0 atom stereocenters. The summed E-state index contributed by atoms with van der Waals surface area (Å²) in [4.78, 5) is 25.3.